The SMILES string of the molecule is CC(=O)O[C@H]1Cc2ccccc2C1Nc1c(C)nc(-c2ccc(N(C)C)cc2C(F)(F)F)n(C)c1=O. The summed E-state index contributed by atoms with van der Waals surface area (Å²) >= 11 is 0. The molecule has 0 bridgehead atoms. The topological polar surface area (TPSA) is 76.5 Å². The molecule has 1 heterocycles. The molecule has 0 radical (unpaired) electrons. The molecule has 0 spiro atoms. The fraction of sp³-hybridized carbons (Fsp3) is 0.346. The fourth-order valence-electron chi connectivity index (χ4n) is 4.56. The van der Waals surface area contributed by atoms with Gasteiger partial charge < -0.3 is 15.0 Å². The number of rotatable bonds is 5. The van der Waals surface area contributed by atoms with Gasteiger partial charge in [-0.3, -0.25) is 14.2 Å². The highest BCUT2D eigenvalue weighted by Gasteiger charge is 2.37. The van der Waals surface area contributed by atoms with Crippen LogP contribution in [0.25, 0.3) is 11.4 Å². The van der Waals surface area contributed by atoms with Crippen molar-refractivity contribution >= 4 is 17.3 Å². The van der Waals surface area contributed by atoms with Crippen molar-refractivity contribution in [2.45, 2.75) is 38.6 Å². The number of nitrogens with zero attached hydrogens (tertiary/aromatic N) is 3. The maximum atomic E-state index is 14.0. The Bertz CT molecular complexity index is 1380. The highest BCUT2D eigenvalue weighted by atomic mass is 19.4. The number of aryl methyl sites for hydroxylation is 1. The van der Waals surface area contributed by atoms with Crippen LogP contribution in [0.2, 0.25) is 0 Å². The first-order valence-electron chi connectivity index (χ1n) is 11.4. The van der Waals surface area contributed by atoms with Crippen molar-refractivity contribution in [3.05, 3.63) is 75.2 Å². The maximum Gasteiger partial charge on any atom is 0.417 e. The lowest BCUT2D eigenvalue weighted by atomic mass is 10.0. The van der Waals surface area contributed by atoms with Crippen molar-refractivity contribution in [2.75, 3.05) is 24.3 Å². The van der Waals surface area contributed by atoms with Gasteiger partial charge in [-0.15, -0.1) is 0 Å². The zero-order valence-electron chi connectivity index (χ0n) is 20.6. The summed E-state index contributed by atoms with van der Waals surface area (Å²) in [6, 6.07) is 11.0. The molecule has 3 aromatic rings. The number of ether oxygens (including phenoxy) is 1. The van der Waals surface area contributed by atoms with Crippen LogP contribution in [0, 0.1) is 6.92 Å². The largest absolute Gasteiger partial charge is 0.460 e. The minimum Gasteiger partial charge on any atom is -0.460 e. The second-order valence-corrected chi connectivity index (χ2v) is 9.05. The van der Waals surface area contributed by atoms with Gasteiger partial charge in [-0.1, -0.05) is 24.3 Å². The van der Waals surface area contributed by atoms with Crippen LogP contribution >= 0.6 is 0 Å². The van der Waals surface area contributed by atoms with E-state index in [0.717, 1.165) is 21.8 Å². The van der Waals surface area contributed by atoms with Crippen LogP contribution in [0.5, 0.6) is 0 Å². The highest BCUT2D eigenvalue weighted by molar-refractivity contribution is 5.69. The van der Waals surface area contributed by atoms with Crippen molar-refractivity contribution in [2.24, 2.45) is 7.05 Å². The van der Waals surface area contributed by atoms with Crippen LogP contribution in [0.15, 0.2) is 47.3 Å². The van der Waals surface area contributed by atoms with E-state index in [-0.39, 0.29) is 22.8 Å². The molecular weight excluding hydrogens is 473 g/mol. The van der Waals surface area contributed by atoms with Crippen LogP contribution in [0.4, 0.5) is 24.5 Å². The lowest BCUT2D eigenvalue weighted by Gasteiger charge is -2.24. The van der Waals surface area contributed by atoms with Crippen LogP contribution in [0.1, 0.15) is 35.3 Å². The highest BCUT2D eigenvalue weighted by Crippen LogP contribution is 2.39. The van der Waals surface area contributed by atoms with Crippen molar-refractivity contribution < 1.29 is 22.7 Å². The number of esters is 1. The van der Waals surface area contributed by atoms with Gasteiger partial charge in [-0.2, -0.15) is 13.2 Å². The number of hydrogen-bond donors (Lipinski definition) is 1. The van der Waals surface area contributed by atoms with E-state index in [0.29, 0.717) is 12.1 Å². The minimum atomic E-state index is -4.64. The third kappa shape index (κ3) is 4.67. The Morgan fingerprint density at radius 1 is 1.19 bits per heavy atom. The van der Waals surface area contributed by atoms with Gasteiger partial charge in [-0.05, 0) is 36.2 Å². The van der Waals surface area contributed by atoms with E-state index in [1.165, 1.54) is 20.0 Å². The Balaban J connectivity index is 1.80. The average molecular weight is 501 g/mol. The second kappa shape index (κ2) is 9.33. The molecule has 1 N–H and O–H groups in total. The first kappa shape index (κ1) is 25.3. The number of aromatic nitrogens is 2. The van der Waals surface area contributed by atoms with E-state index in [1.807, 2.05) is 24.3 Å². The molecule has 190 valence electrons. The third-order valence-corrected chi connectivity index (χ3v) is 6.34. The summed E-state index contributed by atoms with van der Waals surface area (Å²) in [6.45, 7) is 2.89. The molecule has 36 heavy (non-hydrogen) atoms. The van der Waals surface area contributed by atoms with E-state index in [2.05, 4.69) is 10.3 Å². The number of hydrogen-bond acceptors (Lipinski definition) is 6. The predicted octanol–water partition coefficient (Wildman–Crippen LogP) is 4.48. The van der Waals surface area contributed by atoms with Crippen LogP contribution in [0.3, 0.4) is 0 Å². The van der Waals surface area contributed by atoms with E-state index in [9.17, 15) is 22.8 Å². The summed E-state index contributed by atoms with van der Waals surface area (Å²) in [5.41, 5.74) is 1.02. The number of carbonyl (C=O) groups is 1. The first-order valence-corrected chi connectivity index (χ1v) is 11.4. The number of benzene rings is 2. The van der Waals surface area contributed by atoms with Crippen molar-refractivity contribution in [3.63, 3.8) is 0 Å². The summed E-state index contributed by atoms with van der Waals surface area (Å²) in [4.78, 5) is 31.1. The van der Waals surface area contributed by atoms with E-state index < -0.39 is 35.4 Å². The first-order chi connectivity index (χ1) is 16.9. The van der Waals surface area contributed by atoms with E-state index in [4.69, 9.17) is 4.74 Å². The number of nitrogens with one attached hydrogen (secondary N) is 1. The molecule has 10 heteroatoms. The van der Waals surface area contributed by atoms with Gasteiger partial charge in [0.1, 0.15) is 17.6 Å². The number of carbonyl (C=O) groups excluding carboxylic acids is 1. The van der Waals surface area contributed by atoms with Gasteiger partial charge in [0.25, 0.3) is 5.56 Å². The molecule has 0 fully saturated rings. The molecular formula is C26H27F3N4O3. The molecule has 0 aliphatic heterocycles. The Morgan fingerprint density at radius 2 is 1.89 bits per heavy atom. The van der Waals surface area contributed by atoms with Gasteiger partial charge in [0.2, 0.25) is 0 Å². The zero-order valence-corrected chi connectivity index (χ0v) is 20.6. The molecule has 1 aliphatic rings. The number of halogens is 3. The molecule has 0 saturated heterocycles. The average Bonchev–Trinajstić information content (AvgIpc) is 3.14. The molecule has 0 amide bonds. The Hall–Kier alpha value is -3.82. The van der Waals surface area contributed by atoms with E-state index in [1.54, 1.807) is 32.0 Å². The zero-order chi connectivity index (χ0) is 26.4. The second-order valence-electron chi connectivity index (χ2n) is 9.05. The summed E-state index contributed by atoms with van der Waals surface area (Å²) in [6.07, 6.45) is -4.71. The third-order valence-electron chi connectivity index (χ3n) is 6.34. The smallest absolute Gasteiger partial charge is 0.417 e. The molecule has 2 aromatic carbocycles. The van der Waals surface area contributed by atoms with Crippen LogP contribution < -0.4 is 15.8 Å². The van der Waals surface area contributed by atoms with Crippen LogP contribution in [-0.2, 0) is 29.2 Å². The summed E-state index contributed by atoms with van der Waals surface area (Å²) in [5, 5.41) is 3.18. The van der Waals surface area contributed by atoms with Gasteiger partial charge in [0.05, 0.1) is 17.3 Å². The molecule has 0 saturated carbocycles. The number of fused-ring (bicyclic) bond motifs is 1. The summed E-state index contributed by atoms with van der Waals surface area (Å²) in [5.74, 6) is -0.539. The molecule has 1 unspecified atom stereocenters. The number of anilines is 2. The molecule has 1 aromatic heterocycles. The number of alkyl halides is 3. The fourth-order valence-corrected chi connectivity index (χ4v) is 4.56. The lowest BCUT2D eigenvalue weighted by Crippen LogP contribution is -2.32. The molecule has 2 atom stereocenters. The predicted molar refractivity (Wildman–Crippen MR) is 131 cm³/mol. The van der Waals surface area contributed by atoms with Gasteiger partial charge in [0.15, 0.2) is 0 Å². The minimum absolute atomic E-state index is 0.0935. The molecule has 7 nitrogen and oxygen atoms in total. The Kier molecular flexibility index (Phi) is 6.55. The Morgan fingerprint density at radius 3 is 2.53 bits per heavy atom. The quantitative estimate of drug-likeness (QED) is 0.521. The maximum absolute atomic E-state index is 14.0. The van der Waals surface area contributed by atoms with Crippen molar-refractivity contribution in [3.8, 4) is 11.4 Å². The standard InChI is InChI=1S/C26H27F3N4O3/c1-14-22(31-23-18-9-7-6-8-16(18)12-21(23)36-15(2)34)25(35)33(5)24(30-14)19-11-10-17(32(3)4)13-20(19)26(27,28)29/h6-11,13,21,23,31H,12H2,1-5H3/t21-,23?/m0/s1. The monoisotopic (exact) mass is 500 g/mol. The van der Waals surface area contributed by atoms with Crippen molar-refractivity contribution in [1.82, 2.24) is 9.55 Å². The van der Waals surface area contributed by atoms with Gasteiger partial charge >= 0.3 is 12.1 Å². The van der Waals surface area contributed by atoms with Crippen molar-refractivity contribution in [1.29, 1.82) is 0 Å². The van der Waals surface area contributed by atoms with Gasteiger partial charge in [0, 0.05) is 45.7 Å². The summed E-state index contributed by atoms with van der Waals surface area (Å²) in [7, 11) is 4.69. The Labute approximate surface area is 206 Å². The van der Waals surface area contributed by atoms with Crippen LogP contribution in [-0.4, -0.2) is 35.7 Å². The summed E-state index contributed by atoms with van der Waals surface area (Å²) < 4.78 is 48.5. The van der Waals surface area contributed by atoms with Gasteiger partial charge in [-0.25, -0.2) is 4.98 Å². The van der Waals surface area contributed by atoms with E-state index >= 15 is 0 Å². The molecule has 1 aliphatic carbocycles. The lowest BCUT2D eigenvalue weighted by molar-refractivity contribution is -0.146. The molecule has 4 rings (SSSR count). The normalized spacial score (nSPS) is 17.0.